The third kappa shape index (κ3) is 5.31. The van der Waals surface area contributed by atoms with Gasteiger partial charge in [-0.25, -0.2) is 4.79 Å². The lowest BCUT2D eigenvalue weighted by atomic mass is 10.3. The van der Waals surface area contributed by atoms with E-state index < -0.39 is 5.97 Å². The molecule has 0 aromatic heterocycles. The number of likely N-dealkylation sites (N-methyl/N-ethyl adjacent to an activating group) is 1. The number of aliphatic carboxylic acids is 1. The van der Waals surface area contributed by atoms with Crippen molar-refractivity contribution >= 4 is 17.6 Å². The Kier molecular flexibility index (Phi) is 5.66. The van der Waals surface area contributed by atoms with Crippen LogP contribution in [0.5, 0.6) is 5.75 Å². The second kappa shape index (κ2) is 7.29. The van der Waals surface area contributed by atoms with Crippen molar-refractivity contribution in [2.24, 2.45) is 0 Å². The van der Waals surface area contributed by atoms with Crippen LogP contribution in [0.25, 0.3) is 0 Å². The fraction of sp³-hybridized carbons (Fsp3) is 0.333. The Labute approximate surface area is 105 Å². The average molecular weight is 252 g/mol. The molecule has 6 nitrogen and oxygen atoms in total. The number of hydrogen-bond donors (Lipinski definition) is 3. The molecule has 0 fully saturated rings. The molecule has 1 amide bonds. The van der Waals surface area contributed by atoms with Gasteiger partial charge in [-0.2, -0.15) is 0 Å². The first-order chi connectivity index (χ1) is 8.61. The highest BCUT2D eigenvalue weighted by Crippen LogP contribution is 2.15. The van der Waals surface area contributed by atoms with Crippen LogP contribution in [-0.4, -0.2) is 36.7 Å². The molecule has 0 saturated carbocycles. The van der Waals surface area contributed by atoms with E-state index in [2.05, 4.69) is 10.6 Å². The Morgan fingerprint density at radius 2 is 1.94 bits per heavy atom. The number of nitrogens with one attached hydrogen (secondary N) is 2. The molecule has 1 aromatic carbocycles. The van der Waals surface area contributed by atoms with Crippen molar-refractivity contribution in [1.82, 2.24) is 5.32 Å². The van der Waals surface area contributed by atoms with Crippen LogP contribution < -0.4 is 15.4 Å². The van der Waals surface area contributed by atoms with E-state index in [9.17, 15) is 9.59 Å². The minimum atomic E-state index is -1.03. The molecule has 18 heavy (non-hydrogen) atoms. The van der Waals surface area contributed by atoms with E-state index in [0.717, 1.165) is 6.54 Å². The van der Waals surface area contributed by atoms with Gasteiger partial charge in [0.25, 0.3) is 0 Å². The van der Waals surface area contributed by atoms with Gasteiger partial charge in [-0.3, -0.25) is 4.79 Å². The first-order valence-corrected chi connectivity index (χ1v) is 5.57. The number of hydrogen-bond acceptors (Lipinski definition) is 4. The van der Waals surface area contributed by atoms with Crippen LogP contribution in [0.1, 0.15) is 6.92 Å². The average Bonchev–Trinajstić information content (AvgIpc) is 2.35. The Balaban J connectivity index is 2.44. The summed E-state index contributed by atoms with van der Waals surface area (Å²) in [5, 5.41) is 14.0. The highest BCUT2D eigenvalue weighted by Gasteiger charge is 2.02. The smallest absolute Gasteiger partial charge is 0.341 e. The summed E-state index contributed by atoms with van der Waals surface area (Å²) in [6.45, 7) is 2.52. The molecule has 0 aliphatic carbocycles. The third-order valence-electron chi connectivity index (χ3n) is 2.04. The van der Waals surface area contributed by atoms with Gasteiger partial charge in [0.15, 0.2) is 6.61 Å². The third-order valence-corrected chi connectivity index (χ3v) is 2.04. The Morgan fingerprint density at radius 3 is 2.50 bits per heavy atom. The van der Waals surface area contributed by atoms with Crippen LogP contribution in [0.15, 0.2) is 24.3 Å². The molecule has 0 spiro atoms. The van der Waals surface area contributed by atoms with Crippen molar-refractivity contribution < 1.29 is 19.4 Å². The van der Waals surface area contributed by atoms with Gasteiger partial charge in [-0.1, -0.05) is 6.92 Å². The second-order valence-corrected chi connectivity index (χ2v) is 3.54. The molecule has 1 aromatic rings. The standard InChI is InChI=1S/C12H16N2O4/c1-2-13-7-11(15)14-9-3-5-10(6-4-9)18-8-12(16)17/h3-6,13H,2,7-8H2,1H3,(H,14,15)(H,16,17). The van der Waals surface area contributed by atoms with E-state index in [0.29, 0.717) is 11.4 Å². The van der Waals surface area contributed by atoms with E-state index >= 15 is 0 Å². The van der Waals surface area contributed by atoms with Gasteiger partial charge in [0.2, 0.25) is 5.91 Å². The maximum atomic E-state index is 11.4. The Bertz CT molecular complexity index is 403. The molecule has 0 atom stereocenters. The number of carboxylic acids is 1. The number of carbonyl (C=O) groups excluding carboxylic acids is 1. The fourth-order valence-electron chi connectivity index (χ4n) is 1.22. The summed E-state index contributed by atoms with van der Waals surface area (Å²) < 4.78 is 4.97. The van der Waals surface area contributed by atoms with Crippen LogP contribution in [-0.2, 0) is 9.59 Å². The van der Waals surface area contributed by atoms with Crippen LogP contribution in [0.4, 0.5) is 5.69 Å². The number of carboxylic acid groups (broad SMARTS) is 1. The molecule has 3 N–H and O–H groups in total. The second-order valence-electron chi connectivity index (χ2n) is 3.54. The SMILES string of the molecule is CCNCC(=O)Nc1ccc(OCC(=O)O)cc1. The van der Waals surface area contributed by atoms with E-state index in [1.54, 1.807) is 24.3 Å². The zero-order chi connectivity index (χ0) is 13.4. The highest BCUT2D eigenvalue weighted by molar-refractivity contribution is 5.92. The Hall–Kier alpha value is -2.08. The summed E-state index contributed by atoms with van der Waals surface area (Å²) in [7, 11) is 0. The number of amides is 1. The number of rotatable bonds is 7. The first-order valence-electron chi connectivity index (χ1n) is 5.57. The minimum Gasteiger partial charge on any atom is -0.482 e. The zero-order valence-corrected chi connectivity index (χ0v) is 10.1. The maximum Gasteiger partial charge on any atom is 0.341 e. The van der Waals surface area contributed by atoms with Gasteiger partial charge < -0.3 is 20.5 Å². The quantitative estimate of drug-likeness (QED) is 0.664. The van der Waals surface area contributed by atoms with Gasteiger partial charge in [-0.15, -0.1) is 0 Å². The predicted octanol–water partition coefficient (Wildman–Crippen LogP) is 0.698. The van der Waals surface area contributed by atoms with Crippen LogP contribution >= 0.6 is 0 Å². The molecule has 0 heterocycles. The predicted molar refractivity (Wildman–Crippen MR) is 66.7 cm³/mol. The number of benzene rings is 1. The lowest BCUT2D eigenvalue weighted by Gasteiger charge is -2.07. The van der Waals surface area contributed by atoms with Gasteiger partial charge in [0.05, 0.1) is 6.54 Å². The zero-order valence-electron chi connectivity index (χ0n) is 10.1. The van der Waals surface area contributed by atoms with Crippen molar-refractivity contribution in [2.75, 3.05) is 25.0 Å². The summed E-state index contributed by atoms with van der Waals surface area (Å²) in [6.07, 6.45) is 0. The van der Waals surface area contributed by atoms with E-state index in [4.69, 9.17) is 9.84 Å². The molecule has 0 unspecified atom stereocenters. The molecule has 6 heteroatoms. The molecule has 0 radical (unpaired) electrons. The summed E-state index contributed by atoms with van der Waals surface area (Å²) >= 11 is 0. The van der Waals surface area contributed by atoms with Crippen molar-refractivity contribution in [3.05, 3.63) is 24.3 Å². The van der Waals surface area contributed by atoms with Gasteiger partial charge in [0.1, 0.15) is 5.75 Å². The minimum absolute atomic E-state index is 0.129. The highest BCUT2D eigenvalue weighted by atomic mass is 16.5. The monoisotopic (exact) mass is 252 g/mol. The van der Waals surface area contributed by atoms with Crippen molar-refractivity contribution in [1.29, 1.82) is 0 Å². The van der Waals surface area contributed by atoms with Crippen LogP contribution in [0, 0.1) is 0 Å². The molecule has 0 aliphatic heterocycles. The molecular formula is C12H16N2O4. The summed E-state index contributed by atoms with van der Waals surface area (Å²) in [5.74, 6) is -0.712. The van der Waals surface area contributed by atoms with Crippen molar-refractivity contribution in [3.8, 4) is 5.75 Å². The maximum absolute atomic E-state index is 11.4. The molecular weight excluding hydrogens is 236 g/mol. The Morgan fingerprint density at radius 1 is 1.28 bits per heavy atom. The summed E-state index contributed by atoms with van der Waals surface area (Å²) in [4.78, 5) is 21.7. The lowest BCUT2D eigenvalue weighted by molar-refractivity contribution is -0.139. The van der Waals surface area contributed by atoms with Crippen molar-refractivity contribution in [3.63, 3.8) is 0 Å². The summed E-state index contributed by atoms with van der Waals surface area (Å²) in [5.41, 5.74) is 0.639. The lowest BCUT2D eigenvalue weighted by Crippen LogP contribution is -2.27. The van der Waals surface area contributed by atoms with Gasteiger partial charge in [0, 0.05) is 5.69 Å². The number of anilines is 1. The van der Waals surface area contributed by atoms with E-state index in [1.807, 2.05) is 6.92 Å². The fourth-order valence-corrected chi connectivity index (χ4v) is 1.22. The molecule has 98 valence electrons. The molecule has 0 aliphatic rings. The topological polar surface area (TPSA) is 87.7 Å². The van der Waals surface area contributed by atoms with Crippen LogP contribution in [0.3, 0.4) is 0 Å². The molecule has 0 saturated heterocycles. The normalized spacial score (nSPS) is 9.83. The largest absolute Gasteiger partial charge is 0.482 e. The van der Waals surface area contributed by atoms with E-state index in [-0.39, 0.29) is 19.1 Å². The van der Waals surface area contributed by atoms with Gasteiger partial charge in [-0.05, 0) is 30.8 Å². The number of ether oxygens (including phenoxy) is 1. The first kappa shape index (κ1) is 14.0. The molecule has 0 bridgehead atoms. The van der Waals surface area contributed by atoms with Crippen molar-refractivity contribution in [2.45, 2.75) is 6.92 Å². The number of carbonyl (C=O) groups is 2. The summed E-state index contributed by atoms with van der Waals surface area (Å²) in [6, 6.07) is 6.51. The van der Waals surface area contributed by atoms with E-state index in [1.165, 1.54) is 0 Å². The van der Waals surface area contributed by atoms with Gasteiger partial charge >= 0.3 is 5.97 Å². The molecule has 1 rings (SSSR count). The van der Waals surface area contributed by atoms with Crippen LogP contribution in [0.2, 0.25) is 0 Å².